The van der Waals surface area contributed by atoms with Gasteiger partial charge in [-0.05, 0) is 30.7 Å². The van der Waals surface area contributed by atoms with Crippen LogP contribution >= 0.6 is 0 Å². The average Bonchev–Trinajstić information content (AvgIpc) is 2.78. The lowest BCUT2D eigenvalue weighted by atomic mass is 9.76. The van der Waals surface area contributed by atoms with Crippen molar-refractivity contribution in [3.63, 3.8) is 0 Å². The second-order valence-corrected chi connectivity index (χ2v) is 6.11. The molecule has 1 saturated heterocycles. The summed E-state index contributed by atoms with van der Waals surface area (Å²) in [5.74, 6) is 0.286. The third kappa shape index (κ3) is 2.80. The fourth-order valence-electron chi connectivity index (χ4n) is 3.13. The van der Waals surface area contributed by atoms with Gasteiger partial charge in [0, 0.05) is 5.92 Å². The van der Waals surface area contributed by atoms with Crippen LogP contribution in [-0.4, -0.2) is 29.5 Å². The molecule has 1 aromatic rings. The molecule has 1 aliphatic heterocycles. The van der Waals surface area contributed by atoms with E-state index in [4.69, 9.17) is 4.74 Å². The number of hydrogen-bond donors (Lipinski definition) is 0. The number of ether oxygens (including phenoxy) is 1. The number of carbonyl (C=O) groups is 2. The molecule has 1 aliphatic carbocycles. The van der Waals surface area contributed by atoms with Gasteiger partial charge in [0.05, 0.1) is 6.04 Å². The second-order valence-electron chi connectivity index (χ2n) is 6.11. The monoisotopic (exact) mass is 287 g/mol. The van der Waals surface area contributed by atoms with Gasteiger partial charge in [-0.25, -0.2) is 9.69 Å². The maximum Gasteiger partial charge on any atom is 0.416 e. The van der Waals surface area contributed by atoms with Crippen molar-refractivity contribution in [1.82, 2.24) is 4.90 Å². The van der Waals surface area contributed by atoms with E-state index in [1.54, 1.807) is 0 Å². The maximum atomic E-state index is 12.6. The van der Waals surface area contributed by atoms with E-state index in [9.17, 15) is 9.59 Å². The molecular weight excluding hydrogens is 266 g/mol. The first-order chi connectivity index (χ1) is 10.2. The van der Waals surface area contributed by atoms with Crippen LogP contribution < -0.4 is 0 Å². The fourth-order valence-corrected chi connectivity index (χ4v) is 3.13. The molecule has 2 fully saturated rings. The van der Waals surface area contributed by atoms with Crippen molar-refractivity contribution in [2.45, 2.75) is 38.6 Å². The largest absolute Gasteiger partial charge is 0.447 e. The van der Waals surface area contributed by atoms with Gasteiger partial charge in [-0.2, -0.15) is 0 Å². The number of carbonyl (C=O) groups excluding carboxylic acids is 2. The van der Waals surface area contributed by atoms with Crippen LogP contribution in [0.2, 0.25) is 0 Å². The van der Waals surface area contributed by atoms with Gasteiger partial charge in [-0.1, -0.05) is 43.7 Å². The Bertz CT molecular complexity index is 524. The van der Waals surface area contributed by atoms with Crippen molar-refractivity contribution >= 4 is 12.0 Å². The second kappa shape index (κ2) is 5.88. The van der Waals surface area contributed by atoms with Gasteiger partial charge in [0.25, 0.3) is 0 Å². The molecule has 1 heterocycles. The molecular formula is C17H21NO3. The van der Waals surface area contributed by atoms with Crippen LogP contribution in [0, 0.1) is 11.8 Å². The predicted octanol–water partition coefficient (Wildman–Crippen LogP) is 3.01. The Morgan fingerprint density at radius 2 is 2.05 bits per heavy atom. The zero-order valence-corrected chi connectivity index (χ0v) is 12.3. The highest BCUT2D eigenvalue weighted by atomic mass is 16.6. The SMILES string of the molecule is C[C@@H](C(=O)N1C(=O)OC[C@H]1Cc1ccccc1)C1CCC1. The van der Waals surface area contributed by atoms with Crippen LogP contribution in [0.5, 0.6) is 0 Å². The van der Waals surface area contributed by atoms with E-state index in [0.29, 0.717) is 18.9 Å². The molecule has 4 nitrogen and oxygen atoms in total. The standard InChI is InChI=1S/C17H21NO3/c1-12(14-8-5-9-14)16(19)18-15(11-21-17(18)20)10-13-6-3-2-4-7-13/h2-4,6-7,12,14-15H,5,8-11H2,1H3/t12-,15-/m1/s1. The van der Waals surface area contributed by atoms with E-state index in [2.05, 4.69) is 0 Å². The molecule has 0 spiro atoms. The van der Waals surface area contributed by atoms with E-state index in [1.807, 2.05) is 37.3 Å². The summed E-state index contributed by atoms with van der Waals surface area (Å²) in [4.78, 5) is 25.9. The quantitative estimate of drug-likeness (QED) is 0.855. The zero-order chi connectivity index (χ0) is 14.8. The minimum Gasteiger partial charge on any atom is -0.447 e. The Labute approximate surface area is 125 Å². The Morgan fingerprint density at radius 1 is 1.33 bits per heavy atom. The number of benzene rings is 1. The summed E-state index contributed by atoms with van der Waals surface area (Å²) in [6, 6.07) is 9.75. The lowest BCUT2D eigenvalue weighted by molar-refractivity contribution is -0.135. The van der Waals surface area contributed by atoms with Gasteiger partial charge in [-0.3, -0.25) is 4.79 Å². The predicted molar refractivity (Wildman–Crippen MR) is 78.6 cm³/mol. The van der Waals surface area contributed by atoms with Crippen LogP contribution in [0.4, 0.5) is 4.79 Å². The van der Waals surface area contributed by atoms with Crippen molar-refractivity contribution in [2.24, 2.45) is 11.8 Å². The van der Waals surface area contributed by atoms with E-state index in [1.165, 1.54) is 11.3 Å². The van der Waals surface area contributed by atoms with Gasteiger partial charge >= 0.3 is 6.09 Å². The van der Waals surface area contributed by atoms with Crippen molar-refractivity contribution < 1.29 is 14.3 Å². The Hall–Kier alpha value is -1.84. The molecule has 0 bridgehead atoms. The molecule has 2 aliphatic rings. The molecule has 21 heavy (non-hydrogen) atoms. The zero-order valence-electron chi connectivity index (χ0n) is 12.3. The molecule has 0 aromatic heterocycles. The highest BCUT2D eigenvalue weighted by molar-refractivity contribution is 5.94. The molecule has 2 amide bonds. The summed E-state index contributed by atoms with van der Waals surface area (Å²) in [6.07, 6.45) is 3.57. The topological polar surface area (TPSA) is 46.6 Å². The minimum atomic E-state index is -0.480. The number of hydrogen-bond acceptors (Lipinski definition) is 3. The van der Waals surface area contributed by atoms with E-state index in [-0.39, 0.29) is 17.9 Å². The first-order valence-electron chi connectivity index (χ1n) is 7.70. The molecule has 0 radical (unpaired) electrons. The van der Waals surface area contributed by atoms with Crippen molar-refractivity contribution in [2.75, 3.05) is 6.61 Å². The number of rotatable bonds is 4. The third-order valence-corrected chi connectivity index (χ3v) is 4.76. The smallest absolute Gasteiger partial charge is 0.416 e. The van der Waals surface area contributed by atoms with Crippen LogP contribution in [-0.2, 0) is 16.0 Å². The van der Waals surface area contributed by atoms with Crippen molar-refractivity contribution in [1.29, 1.82) is 0 Å². The van der Waals surface area contributed by atoms with Gasteiger partial charge in [0.15, 0.2) is 0 Å². The molecule has 4 heteroatoms. The number of amides is 2. The molecule has 3 rings (SSSR count). The summed E-state index contributed by atoms with van der Waals surface area (Å²) in [5.41, 5.74) is 1.12. The molecule has 0 N–H and O–H groups in total. The van der Waals surface area contributed by atoms with Crippen molar-refractivity contribution in [3.8, 4) is 0 Å². The Kier molecular flexibility index (Phi) is 3.95. The highest BCUT2D eigenvalue weighted by Crippen LogP contribution is 2.35. The van der Waals surface area contributed by atoms with Gasteiger partial charge < -0.3 is 4.74 Å². The normalized spacial score (nSPS) is 23.6. The average molecular weight is 287 g/mol. The summed E-state index contributed by atoms with van der Waals surface area (Å²) in [6.45, 7) is 2.24. The fraction of sp³-hybridized carbons (Fsp3) is 0.529. The third-order valence-electron chi connectivity index (χ3n) is 4.76. The lowest BCUT2D eigenvalue weighted by Gasteiger charge is -2.33. The van der Waals surface area contributed by atoms with E-state index >= 15 is 0 Å². The van der Waals surface area contributed by atoms with E-state index < -0.39 is 6.09 Å². The number of nitrogens with zero attached hydrogens (tertiary/aromatic N) is 1. The summed E-state index contributed by atoms with van der Waals surface area (Å²) in [7, 11) is 0. The first-order valence-corrected chi connectivity index (χ1v) is 7.70. The summed E-state index contributed by atoms with van der Waals surface area (Å²) < 4.78 is 5.12. The Balaban J connectivity index is 1.71. The molecule has 112 valence electrons. The number of imide groups is 1. The maximum absolute atomic E-state index is 12.6. The molecule has 2 atom stereocenters. The Morgan fingerprint density at radius 3 is 2.67 bits per heavy atom. The molecule has 0 unspecified atom stereocenters. The first kappa shape index (κ1) is 14.1. The van der Waals surface area contributed by atoms with Crippen LogP contribution in [0.25, 0.3) is 0 Å². The summed E-state index contributed by atoms with van der Waals surface area (Å²) >= 11 is 0. The number of cyclic esters (lactones) is 1. The highest BCUT2D eigenvalue weighted by Gasteiger charge is 2.42. The van der Waals surface area contributed by atoms with Gasteiger partial charge in [0.2, 0.25) is 5.91 Å². The minimum absolute atomic E-state index is 0.0665. The summed E-state index contributed by atoms with van der Waals surface area (Å²) in [5, 5.41) is 0. The molecule has 1 aromatic carbocycles. The van der Waals surface area contributed by atoms with Gasteiger partial charge in [0.1, 0.15) is 6.61 Å². The lowest BCUT2D eigenvalue weighted by Crippen LogP contribution is -2.45. The molecule has 1 saturated carbocycles. The van der Waals surface area contributed by atoms with Crippen LogP contribution in [0.15, 0.2) is 30.3 Å². The van der Waals surface area contributed by atoms with Crippen molar-refractivity contribution in [3.05, 3.63) is 35.9 Å². The van der Waals surface area contributed by atoms with E-state index in [0.717, 1.165) is 18.4 Å². The van der Waals surface area contributed by atoms with Crippen LogP contribution in [0.1, 0.15) is 31.7 Å². The van der Waals surface area contributed by atoms with Crippen LogP contribution in [0.3, 0.4) is 0 Å². The van der Waals surface area contributed by atoms with Gasteiger partial charge in [-0.15, -0.1) is 0 Å².